The number of para-hydroxylation sites is 2. The van der Waals surface area contributed by atoms with Crippen molar-refractivity contribution in [3.63, 3.8) is 0 Å². The molecule has 0 aliphatic heterocycles. The van der Waals surface area contributed by atoms with E-state index >= 15 is 0 Å². The molecule has 0 saturated heterocycles. The second-order valence-corrected chi connectivity index (χ2v) is 8.20. The molecule has 0 aliphatic carbocycles. The molecule has 1 amide bonds. The highest BCUT2D eigenvalue weighted by molar-refractivity contribution is 6.31. The summed E-state index contributed by atoms with van der Waals surface area (Å²) in [6, 6.07) is 20.0. The Hall–Kier alpha value is -3.70. The Balaban J connectivity index is 1.56. The van der Waals surface area contributed by atoms with E-state index in [1.165, 1.54) is 6.08 Å². The van der Waals surface area contributed by atoms with Crippen molar-refractivity contribution in [2.45, 2.75) is 19.8 Å². The van der Waals surface area contributed by atoms with Crippen LogP contribution in [0.4, 0.5) is 5.69 Å². The molecule has 6 heteroatoms. The Kier molecular flexibility index (Phi) is 6.19. The van der Waals surface area contributed by atoms with Crippen LogP contribution >= 0.6 is 11.6 Å². The van der Waals surface area contributed by atoms with Crippen molar-refractivity contribution in [2.24, 2.45) is 0 Å². The molecule has 0 radical (unpaired) electrons. The predicted octanol–water partition coefficient (Wildman–Crippen LogP) is 6.49. The molecule has 1 aromatic heterocycles. The highest BCUT2D eigenvalue weighted by atomic mass is 35.5. The van der Waals surface area contributed by atoms with E-state index in [-0.39, 0.29) is 17.6 Å². The van der Waals surface area contributed by atoms with Crippen LogP contribution in [0.5, 0.6) is 0 Å². The SMILES string of the molecule is CC(C)c1cc(C(=O)Nc2cccc(Cl)c2)ccc1C=CC(=O)c1nc2ccccc2[nH]1. The van der Waals surface area contributed by atoms with Crippen LogP contribution in [0.25, 0.3) is 17.1 Å². The number of fused-ring (bicyclic) bond motifs is 1. The molecule has 32 heavy (non-hydrogen) atoms. The molecular formula is C26H22ClN3O2. The van der Waals surface area contributed by atoms with Gasteiger partial charge >= 0.3 is 0 Å². The minimum atomic E-state index is -0.219. The van der Waals surface area contributed by atoms with Crippen LogP contribution in [0.3, 0.4) is 0 Å². The summed E-state index contributed by atoms with van der Waals surface area (Å²) < 4.78 is 0. The maximum atomic E-state index is 12.7. The van der Waals surface area contributed by atoms with Gasteiger partial charge in [-0.25, -0.2) is 4.98 Å². The molecule has 0 spiro atoms. The summed E-state index contributed by atoms with van der Waals surface area (Å²) in [5, 5.41) is 3.42. The molecule has 0 saturated carbocycles. The standard InChI is InChI=1S/C26H22ClN3O2/c1-16(2)21-14-18(26(32)28-20-7-5-6-19(27)15-20)11-10-17(21)12-13-24(31)25-29-22-8-3-4-9-23(22)30-25/h3-16H,1-2H3,(H,28,32)(H,29,30). The number of carbonyl (C=O) groups excluding carboxylic acids is 2. The van der Waals surface area contributed by atoms with Gasteiger partial charge in [-0.3, -0.25) is 9.59 Å². The van der Waals surface area contributed by atoms with E-state index < -0.39 is 0 Å². The normalized spacial score (nSPS) is 11.4. The Morgan fingerprint density at radius 2 is 1.84 bits per heavy atom. The van der Waals surface area contributed by atoms with Crippen molar-refractivity contribution in [3.05, 3.63) is 100 Å². The van der Waals surface area contributed by atoms with Gasteiger partial charge in [0.1, 0.15) is 0 Å². The Bertz CT molecular complexity index is 1300. The molecule has 4 aromatic rings. The lowest BCUT2D eigenvalue weighted by Gasteiger charge is -2.13. The van der Waals surface area contributed by atoms with Crippen LogP contribution < -0.4 is 5.32 Å². The van der Waals surface area contributed by atoms with E-state index in [1.807, 2.05) is 50.2 Å². The minimum Gasteiger partial charge on any atom is -0.335 e. The summed E-state index contributed by atoms with van der Waals surface area (Å²) in [5.41, 5.74) is 4.59. The van der Waals surface area contributed by atoms with Gasteiger partial charge in [0.05, 0.1) is 11.0 Å². The molecule has 0 aliphatic rings. The van der Waals surface area contributed by atoms with Crippen LogP contribution in [-0.2, 0) is 0 Å². The zero-order valence-electron chi connectivity index (χ0n) is 17.7. The van der Waals surface area contributed by atoms with Gasteiger partial charge in [-0.2, -0.15) is 0 Å². The molecule has 0 fully saturated rings. The number of benzene rings is 3. The first-order valence-electron chi connectivity index (χ1n) is 10.3. The van der Waals surface area contributed by atoms with E-state index in [1.54, 1.807) is 36.4 Å². The number of aromatic amines is 1. The number of allylic oxidation sites excluding steroid dienone is 1. The summed E-state index contributed by atoms with van der Waals surface area (Å²) in [5.74, 6) is 0.0302. The number of rotatable bonds is 6. The number of imidazole rings is 1. The third-order valence-electron chi connectivity index (χ3n) is 5.09. The van der Waals surface area contributed by atoms with Crippen molar-refractivity contribution in [1.29, 1.82) is 0 Å². The second-order valence-electron chi connectivity index (χ2n) is 7.76. The number of nitrogens with zero attached hydrogens (tertiary/aromatic N) is 1. The molecule has 1 heterocycles. The zero-order valence-corrected chi connectivity index (χ0v) is 18.5. The third kappa shape index (κ3) is 4.79. The molecule has 5 nitrogen and oxygen atoms in total. The van der Waals surface area contributed by atoms with Gasteiger partial charge in [0.15, 0.2) is 5.82 Å². The van der Waals surface area contributed by atoms with Gasteiger partial charge in [0.2, 0.25) is 5.78 Å². The van der Waals surface area contributed by atoms with Crippen LogP contribution in [0.15, 0.2) is 72.8 Å². The summed E-state index contributed by atoms with van der Waals surface area (Å²) in [6.45, 7) is 4.10. The van der Waals surface area contributed by atoms with E-state index in [2.05, 4.69) is 15.3 Å². The Morgan fingerprint density at radius 3 is 2.59 bits per heavy atom. The van der Waals surface area contributed by atoms with Crippen molar-refractivity contribution >= 4 is 46.1 Å². The molecule has 4 rings (SSSR count). The lowest BCUT2D eigenvalue weighted by molar-refractivity contribution is 0.102. The lowest BCUT2D eigenvalue weighted by Crippen LogP contribution is -2.12. The van der Waals surface area contributed by atoms with Gasteiger partial charge in [0, 0.05) is 16.3 Å². The smallest absolute Gasteiger partial charge is 0.255 e. The number of nitrogens with one attached hydrogen (secondary N) is 2. The number of amides is 1. The number of anilines is 1. The van der Waals surface area contributed by atoms with Gasteiger partial charge in [-0.15, -0.1) is 0 Å². The molecule has 2 N–H and O–H groups in total. The molecule has 0 atom stereocenters. The number of halogens is 1. The Morgan fingerprint density at radius 1 is 1.03 bits per heavy atom. The predicted molar refractivity (Wildman–Crippen MR) is 129 cm³/mol. The summed E-state index contributed by atoms with van der Waals surface area (Å²) in [4.78, 5) is 32.7. The average Bonchev–Trinajstić information content (AvgIpc) is 3.22. The van der Waals surface area contributed by atoms with E-state index in [9.17, 15) is 9.59 Å². The van der Waals surface area contributed by atoms with Gasteiger partial charge in [-0.1, -0.05) is 55.8 Å². The highest BCUT2D eigenvalue weighted by Crippen LogP contribution is 2.24. The van der Waals surface area contributed by atoms with Crippen LogP contribution in [0.1, 0.15) is 51.9 Å². The molecule has 160 valence electrons. The largest absolute Gasteiger partial charge is 0.335 e. The first kappa shape index (κ1) is 21.5. The first-order chi connectivity index (χ1) is 15.4. The fraction of sp³-hybridized carbons (Fsp3) is 0.115. The quantitative estimate of drug-likeness (QED) is 0.264. The third-order valence-corrected chi connectivity index (χ3v) is 5.33. The van der Waals surface area contributed by atoms with E-state index in [0.29, 0.717) is 22.1 Å². The highest BCUT2D eigenvalue weighted by Gasteiger charge is 2.13. The fourth-order valence-corrected chi connectivity index (χ4v) is 3.64. The van der Waals surface area contributed by atoms with Gasteiger partial charge < -0.3 is 10.3 Å². The number of aromatic nitrogens is 2. The topological polar surface area (TPSA) is 74.8 Å². The summed E-state index contributed by atoms with van der Waals surface area (Å²) >= 11 is 6.00. The summed E-state index contributed by atoms with van der Waals surface area (Å²) in [7, 11) is 0. The maximum absolute atomic E-state index is 12.7. The number of hydrogen-bond acceptors (Lipinski definition) is 3. The summed E-state index contributed by atoms with van der Waals surface area (Å²) in [6.07, 6.45) is 3.27. The number of carbonyl (C=O) groups is 2. The second kappa shape index (κ2) is 9.20. The fourth-order valence-electron chi connectivity index (χ4n) is 3.45. The van der Waals surface area contributed by atoms with Gasteiger partial charge in [-0.05, 0) is 65.6 Å². The Labute approximate surface area is 191 Å². The number of H-pyrrole nitrogens is 1. The van der Waals surface area contributed by atoms with Crippen molar-refractivity contribution in [3.8, 4) is 0 Å². The van der Waals surface area contributed by atoms with E-state index in [0.717, 1.165) is 22.2 Å². The molecule has 0 bridgehead atoms. The number of hydrogen-bond donors (Lipinski definition) is 2. The average molecular weight is 444 g/mol. The zero-order chi connectivity index (χ0) is 22.7. The number of ketones is 1. The first-order valence-corrected chi connectivity index (χ1v) is 10.7. The van der Waals surface area contributed by atoms with E-state index in [4.69, 9.17) is 11.6 Å². The monoisotopic (exact) mass is 443 g/mol. The molecule has 0 unspecified atom stereocenters. The van der Waals surface area contributed by atoms with Crippen LogP contribution in [-0.4, -0.2) is 21.7 Å². The van der Waals surface area contributed by atoms with Gasteiger partial charge in [0.25, 0.3) is 5.91 Å². The molecule has 3 aromatic carbocycles. The van der Waals surface area contributed by atoms with Crippen molar-refractivity contribution in [1.82, 2.24) is 9.97 Å². The molecular weight excluding hydrogens is 422 g/mol. The lowest BCUT2D eigenvalue weighted by atomic mass is 9.94. The van der Waals surface area contributed by atoms with Crippen LogP contribution in [0.2, 0.25) is 5.02 Å². The van der Waals surface area contributed by atoms with Crippen molar-refractivity contribution < 1.29 is 9.59 Å². The minimum absolute atomic E-state index is 0.162. The van der Waals surface area contributed by atoms with Crippen LogP contribution in [0, 0.1) is 0 Å². The maximum Gasteiger partial charge on any atom is 0.255 e. The van der Waals surface area contributed by atoms with Crippen molar-refractivity contribution in [2.75, 3.05) is 5.32 Å².